The number of aliphatic carboxylic acids is 1. The van der Waals surface area contributed by atoms with Crippen molar-refractivity contribution in [3.8, 4) is 0 Å². The van der Waals surface area contributed by atoms with Gasteiger partial charge in [-0.1, -0.05) is 0 Å². The summed E-state index contributed by atoms with van der Waals surface area (Å²) >= 11 is 0. The Labute approximate surface area is 119 Å². The lowest BCUT2D eigenvalue weighted by Crippen LogP contribution is -2.49. The molecule has 0 amide bonds. The highest BCUT2D eigenvalue weighted by atomic mass is 32.2. The van der Waals surface area contributed by atoms with Crippen LogP contribution in [-0.4, -0.2) is 63.4 Å². The van der Waals surface area contributed by atoms with Gasteiger partial charge in [-0.25, -0.2) is 8.42 Å². The summed E-state index contributed by atoms with van der Waals surface area (Å²) in [6.45, 7) is 1.72. The van der Waals surface area contributed by atoms with E-state index in [9.17, 15) is 21.6 Å². The molecule has 2 N–H and O–H groups in total. The molecule has 118 valence electrons. The van der Waals surface area contributed by atoms with Crippen LogP contribution in [0.2, 0.25) is 0 Å². The van der Waals surface area contributed by atoms with E-state index >= 15 is 0 Å². The van der Waals surface area contributed by atoms with Crippen LogP contribution in [0.4, 0.5) is 0 Å². The number of nitrogens with one attached hydrogen (secondary N) is 1. The van der Waals surface area contributed by atoms with Crippen molar-refractivity contribution < 1.29 is 26.7 Å². The Balaban J connectivity index is 2.60. The van der Waals surface area contributed by atoms with Crippen LogP contribution in [0.3, 0.4) is 0 Å². The second-order valence-corrected chi connectivity index (χ2v) is 9.01. The highest BCUT2D eigenvalue weighted by Crippen LogP contribution is 2.19. The van der Waals surface area contributed by atoms with Gasteiger partial charge in [0.2, 0.25) is 0 Å². The average Bonchev–Trinajstić information content (AvgIpc) is 2.25. The van der Waals surface area contributed by atoms with Gasteiger partial charge in [-0.05, 0) is 19.8 Å². The van der Waals surface area contributed by atoms with E-state index in [-0.39, 0.29) is 31.7 Å². The molecular formula is C10H20N2O6S2. The molecule has 1 aliphatic heterocycles. The Morgan fingerprint density at radius 1 is 1.30 bits per heavy atom. The van der Waals surface area contributed by atoms with Crippen LogP contribution in [0.5, 0.6) is 0 Å². The molecule has 1 aliphatic rings. The van der Waals surface area contributed by atoms with Crippen molar-refractivity contribution in [3.63, 3.8) is 0 Å². The van der Waals surface area contributed by atoms with Gasteiger partial charge in [-0.3, -0.25) is 4.79 Å². The average molecular weight is 328 g/mol. The van der Waals surface area contributed by atoms with Gasteiger partial charge in [0.25, 0.3) is 10.2 Å². The Morgan fingerprint density at radius 3 is 2.20 bits per heavy atom. The fourth-order valence-electron chi connectivity index (χ4n) is 2.16. The first-order valence-electron chi connectivity index (χ1n) is 6.19. The molecule has 10 heteroatoms. The molecule has 0 radical (unpaired) electrons. The topological polar surface area (TPSA) is 121 Å². The van der Waals surface area contributed by atoms with Crippen LogP contribution >= 0.6 is 0 Å². The molecule has 1 heterocycles. The molecule has 1 fully saturated rings. The summed E-state index contributed by atoms with van der Waals surface area (Å²) in [4.78, 5) is 10.8. The quantitative estimate of drug-likeness (QED) is 0.648. The maximum atomic E-state index is 12.0. The highest BCUT2D eigenvalue weighted by Gasteiger charge is 2.31. The number of rotatable bonds is 6. The number of carbonyl (C=O) groups is 1. The first kappa shape index (κ1) is 17.3. The van der Waals surface area contributed by atoms with Gasteiger partial charge in [0.05, 0.1) is 11.7 Å². The molecule has 0 saturated carbocycles. The van der Waals surface area contributed by atoms with E-state index in [2.05, 4.69) is 4.72 Å². The summed E-state index contributed by atoms with van der Waals surface area (Å²) < 4.78 is 49.7. The smallest absolute Gasteiger partial charge is 0.306 e. The molecule has 8 nitrogen and oxygen atoms in total. The van der Waals surface area contributed by atoms with Crippen molar-refractivity contribution in [1.29, 1.82) is 0 Å². The van der Waals surface area contributed by atoms with Crippen molar-refractivity contribution >= 4 is 26.0 Å². The minimum Gasteiger partial charge on any atom is -0.481 e. The first-order chi connectivity index (χ1) is 9.01. The Hall–Kier alpha value is -0.710. The third-order valence-corrected chi connectivity index (χ3v) is 5.90. The summed E-state index contributed by atoms with van der Waals surface area (Å²) in [5.74, 6) is -1.71. The maximum absolute atomic E-state index is 12.0. The van der Waals surface area contributed by atoms with Crippen molar-refractivity contribution in [2.24, 2.45) is 5.92 Å². The predicted molar refractivity (Wildman–Crippen MR) is 73.2 cm³/mol. The molecule has 1 unspecified atom stereocenters. The van der Waals surface area contributed by atoms with Gasteiger partial charge < -0.3 is 5.11 Å². The molecule has 20 heavy (non-hydrogen) atoms. The fraction of sp³-hybridized carbons (Fsp3) is 0.900. The van der Waals surface area contributed by atoms with Gasteiger partial charge in [0.15, 0.2) is 0 Å². The van der Waals surface area contributed by atoms with E-state index in [0.717, 1.165) is 10.6 Å². The Kier molecular flexibility index (Phi) is 5.53. The summed E-state index contributed by atoms with van der Waals surface area (Å²) in [5, 5.41) is 8.85. The van der Waals surface area contributed by atoms with Crippen molar-refractivity contribution in [1.82, 2.24) is 9.03 Å². The summed E-state index contributed by atoms with van der Waals surface area (Å²) in [6, 6.07) is -0.729. The van der Waals surface area contributed by atoms with E-state index in [0.29, 0.717) is 0 Å². The molecule has 1 atom stereocenters. The van der Waals surface area contributed by atoms with Gasteiger partial charge in [-0.2, -0.15) is 17.4 Å². The van der Waals surface area contributed by atoms with Crippen LogP contribution in [0.25, 0.3) is 0 Å². The zero-order chi connectivity index (χ0) is 15.6. The number of hydrogen-bond donors (Lipinski definition) is 2. The summed E-state index contributed by atoms with van der Waals surface area (Å²) in [6.07, 6.45) is 1.56. The third-order valence-electron chi connectivity index (χ3n) is 3.05. The zero-order valence-electron chi connectivity index (χ0n) is 11.4. The molecule has 1 rings (SSSR count). The minimum absolute atomic E-state index is 0.123. The largest absolute Gasteiger partial charge is 0.481 e. The second-order valence-electron chi connectivity index (χ2n) is 5.13. The second kappa shape index (κ2) is 6.37. The number of hydrogen-bond acceptors (Lipinski definition) is 5. The predicted octanol–water partition coefficient (Wildman–Crippen LogP) is -0.949. The lowest BCUT2D eigenvalue weighted by molar-refractivity contribution is -0.142. The molecule has 1 saturated heterocycles. The van der Waals surface area contributed by atoms with Gasteiger partial charge in [-0.15, -0.1) is 0 Å². The molecule has 0 aliphatic carbocycles. The van der Waals surface area contributed by atoms with Gasteiger partial charge in [0.1, 0.15) is 9.84 Å². The summed E-state index contributed by atoms with van der Waals surface area (Å²) in [5.41, 5.74) is 0. The van der Waals surface area contributed by atoms with Gasteiger partial charge >= 0.3 is 5.97 Å². The summed E-state index contributed by atoms with van der Waals surface area (Å²) in [7, 11) is -7.05. The monoisotopic (exact) mass is 328 g/mol. The van der Waals surface area contributed by atoms with Crippen molar-refractivity contribution in [2.45, 2.75) is 25.8 Å². The van der Waals surface area contributed by atoms with E-state index in [1.54, 1.807) is 0 Å². The zero-order valence-corrected chi connectivity index (χ0v) is 13.1. The van der Waals surface area contributed by atoms with Crippen LogP contribution in [-0.2, 0) is 24.8 Å². The molecule has 0 aromatic rings. The van der Waals surface area contributed by atoms with Crippen LogP contribution in [0, 0.1) is 5.92 Å². The number of carboxylic acid groups (broad SMARTS) is 1. The molecule has 0 aromatic heterocycles. The van der Waals surface area contributed by atoms with Crippen LogP contribution < -0.4 is 4.72 Å². The van der Waals surface area contributed by atoms with E-state index in [1.165, 1.54) is 6.92 Å². The number of sulfone groups is 1. The molecule has 0 spiro atoms. The molecule has 0 aromatic carbocycles. The number of carboxylic acids is 1. The van der Waals surface area contributed by atoms with Crippen molar-refractivity contribution in [2.75, 3.05) is 25.1 Å². The lowest BCUT2D eigenvalue weighted by atomic mass is 9.99. The van der Waals surface area contributed by atoms with E-state index in [4.69, 9.17) is 5.11 Å². The number of nitrogens with zero attached hydrogens (tertiary/aromatic N) is 1. The Bertz CT molecular complexity index is 548. The third kappa shape index (κ3) is 5.35. The number of piperidine rings is 1. The van der Waals surface area contributed by atoms with E-state index < -0.39 is 38.0 Å². The normalized spacial score (nSPS) is 20.7. The Morgan fingerprint density at radius 2 is 1.80 bits per heavy atom. The molecular weight excluding hydrogens is 308 g/mol. The lowest BCUT2D eigenvalue weighted by Gasteiger charge is -2.30. The highest BCUT2D eigenvalue weighted by molar-refractivity contribution is 7.90. The standard InChI is InChI=1S/C10H20N2O6S2/c1-8(7-19(2,15)16)11-20(17,18)12-5-3-9(4-6-12)10(13)14/h8-9,11H,3-7H2,1-2H3,(H,13,14). The van der Waals surface area contributed by atoms with E-state index in [1.807, 2.05) is 0 Å². The fourth-order valence-corrected chi connectivity index (χ4v) is 4.69. The van der Waals surface area contributed by atoms with Gasteiger partial charge in [0, 0.05) is 25.4 Å². The molecule has 0 bridgehead atoms. The van der Waals surface area contributed by atoms with Crippen molar-refractivity contribution in [3.05, 3.63) is 0 Å². The minimum atomic E-state index is -3.78. The van der Waals surface area contributed by atoms with Crippen LogP contribution in [0.1, 0.15) is 19.8 Å². The van der Waals surface area contributed by atoms with Crippen LogP contribution in [0.15, 0.2) is 0 Å². The maximum Gasteiger partial charge on any atom is 0.306 e. The first-order valence-corrected chi connectivity index (χ1v) is 9.69. The SMILES string of the molecule is CC(CS(C)(=O)=O)NS(=O)(=O)N1CCC(C(=O)O)CC1.